The first-order valence-electron chi connectivity index (χ1n) is 11.7. The van der Waals surface area contributed by atoms with Gasteiger partial charge in [0, 0.05) is 20.6 Å². The van der Waals surface area contributed by atoms with Crippen LogP contribution in [-0.2, 0) is 37.8 Å². The van der Waals surface area contributed by atoms with Crippen LogP contribution in [-0.4, -0.2) is 47.2 Å². The van der Waals surface area contributed by atoms with Crippen LogP contribution in [0.25, 0.3) is 0 Å². The normalized spacial score (nSPS) is 12.9. The van der Waals surface area contributed by atoms with Gasteiger partial charge in [-0.05, 0) is 61.6 Å². The molecular weight excluding hydrogens is 510 g/mol. The Morgan fingerprint density at radius 2 is 1.41 bits per heavy atom. The molecule has 0 bridgehead atoms. The van der Waals surface area contributed by atoms with E-state index < -0.39 is 32.0 Å². The third kappa shape index (κ3) is 7.04. The van der Waals surface area contributed by atoms with Crippen LogP contribution in [0.3, 0.4) is 0 Å². The third-order valence-electron chi connectivity index (χ3n) is 5.94. The van der Waals surface area contributed by atoms with Crippen LogP contribution >= 0.6 is 0 Å². The topological polar surface area (TPSA) is 113 Å². The lowest BCUT2D eigenvalue weighted by Gasteiger charge is -2.21. The summed E-state index contributed by atoms with van der Waals surface area (Å²) >= 11 is 0. The molecule has 1 amide bonds. The average Bonchev–Trinajstić information content (AvgIpc) is 2.82. The van der Waals surface area contributed by atoms with E-state index in [1.807, 2.05) is 37.3 Å². The zero-order valence-corrected chi connectivity index (χ0v) is 23.3. The van der Waals surface area contributed by atoms with Crippen LogP contribution < -0.4 is 10.0 Å². The number of sulfonamides is 2. The maximum Gasteiger partial charge on any atom is 0.242 e. The van der Waals surface area contributed by atoms with Gasteiger partial charge in [0.15, 0.2) is 0 Å². The van der Waals surface area contributed by atoms with Crippen molar-refractivity contribution in [2.24, 2.45) is 0 Å². The minimum Gasteiger partial charge on any atom is -0.351 e. The molecule has 3 aromatic rings. The van der Waals surface area contributed by atoms with Gasteiger partial charge in [-0.15, -0.1) is 0 Å². The van der Waals surface area contributed by atoms with Crippen molar-refractivity contribution in [3.63, 3.8) is 0 Å². The number of nitrogens with one attached hydrogen (secondary N) is 2. The van der Waals surface area contributed by atoms with Crippen molar-refractivity contribution in [3.05, 3.63) is 94.5 Å². The highest BCUT2D eigenvalue weighted by Crippen LogP contribution is 2.22. The zero-order chi connectivity index (χ0) is 27.4. The lowest BCUT2D eigenvalue weighted by molar-refractivity contribution is -0.122. The summed E-state index contributed by atoms with van der Waals surface area (Å²) in [6.07, 6.45) is 0.163. The number of hydrogen-bond donors (Lipinski definition) is 2. The standard InChI is InChI=1S/C27H33N3O5S2/c1-19-15-20(2)26(21(3)16-19)36(32,33)29-25(17-22-9-7-6-8-10-22)27(31)28-18-23-11-13-24(14-12-23)37(34,35)30(4)5/h6-16,25,29H,17-18H2,1-5H3,(H,28,31). The number of carbonyl (C=O) groups excluding carboxylic acids is 1. The number of aryl methyl sites for hydroxylation is 3. The Kier molecular flexibility index (Phi) is 8.91. The predicted molar refractivity (Wildman–Crippen MR) is 144 cm³/mol. The van der Waals surface area contributed by atoms with Gasteiger partial charge >= 0.3 is 0 Å². The van der Waals surface area contributed by atoms with Crippen molar-refractivity contribution < 1.29 is 21.6 Å². The van der Waals surface area contributed by atoms with Crippen LogP contribution in [0.4, 0.5) is 0 Å². The highest BCUT2D eigenvalue weighted by molar-refractivity contribution is 7.89. The molecule has 10 heteroatoms. The van der Waals surface area contributed by atoms with E-state index in [9.17, 15) is 21.6 Å². The molecule has 1 unspecified atom stereocenters. The van der Waals surface area contributed by atoms with E-state index >= 15 is 0 Å². The van der Waals surface area contributed by atoms with Gasteiger partial charge in [-0.25, -0.2) is 21.1 Å². The molecular formula is C27H33N3O5S2. The van der Waals surface area contributed by atoms with Crippen molar-refractivity contribution in [1.82, 2.24) is 14.3 Å². The second-order valence-corrected chi connectivity index (χ2v) is 13.0. The molecule has 198 valence electrons. The summed E-state index contributed by atoms with van der Waals surface area (Å²) in [6, 6.07) is 17.9. The predicted octanol–water partition coefficient (Wildman–Crippen LogP) is 3.07. The van der Waals surface area contributed by atoms with E-state index in [-0.39, 0.29) is 22.8 Å². The fraction of sp³-hybridized carbons (Fsp3) is 0.296. The van der Waals surface area contributed by atoms with Crippen molar-refractivity contribution in [2.45, 2.75) is 49.6 Å². The lowest BCUT2D eigenvalue weighted by Crippen LogP contribution is -2.48. The molecule has 0 aliphatic rings. The van der Waals surface area contributed by atoms with Crippen LogP contribution in [0.1, 0.15) is 27.8 Å². The van der Waals surface area contributed by atoms with Gasteiger partial charge in [-0.3, -0.25) is 4.79 Å². The third-order valence-corrected chi connectivity index (χ3v) is 9.54. The van der Waals surface area contributed by atoms with Gasteiger partial charge in [0.25, 0.3) is 0 Å². The van der Waals surface area contributed by atoms with E-state index in [1.54, 1.807) is 38.1 Å². The average molecular weight is 544 g/mol. The zero-order valence-electron chi connectivity index (χ0n) is 21.6. The number of amides is 1. The van der Waals surface area contributed by atoms with Crippen LogP contribution in [0.5, 0.6) is 0 Å². The fourth-order valence-corrected chi connectivity index (χ4v) is 6.73. The molecule has 3 aromatic carbocycles. The van der Waals surface area contributed by atoms with Crippen LogP contribution in [0.15, 0.2) is 76.5 Å². The molecule has 8 nitrogen and oxygen atoms in total. The van der Waals surface area contributed by atoms with E-state index in [4.69, 9.17) is 0 Å². The minimum absolute atomic E-state index is 0.108. The summed E-state index contributed by atoms with van der Waals surface area (Å²) < 4.78 is 55.1. The fourth-order valence-electron chi connectivity index (χ4n) is 4.18. The minimum atomic E-state index is -4.00. The summed E-state index contributed by atoms with van der Waals surface area (Å²) in [5.74, 6) is -0.486. The first kappa shape index (κ1) is 28.5. The van der Waals surface area contributed by atoms with E-state index in [0.717, 1.165) is 15.4 Å². The van der Waals surface area contributed by atoms with Gasteiger partial charge < -0.3 is 5.32 Å². The first-order valence-corrected chi connectivity index (χ1v) is 14.7. The summed E-state index contributed by atoms with van der Waals surface area (Å²) in [4.78, 5) is 13.5. The Bertz CT molecular complexity index is 1450. The van der Waals surface area contributed by atoms with Gasteiger partial charge in [-0.2, -0.15) is 4.72 Å². The highest BCUT2D eigenvalue weighted by atomic mass is 32.2. The monoisotopic (exact) mass is 543 g/mol. The Morgan fingerprint density at radius 1 is 0.838 bits per heavy atom. The van der Waals surface area contributed by atoms with Gasteiger partial charge in [-0.1, -0.05) is 60.2 Å². The van der Waals surface area contributed by atoms with Crippen molar-refractivity contribution in [3.8, 4) is 0 Å². The second-order valence-electron chi connectivity index (χ2n) is 9.24. The molecule has 0 heterocycles. The Labute approximate surface area is 219 Å². The molecule has 0 radical (unpaired) electrons. The summed E-state index contributed by atoms with van der Waals surface area (Å²) in [7, 11) is -4.65. The van der Waals surface area contributed by atoms with Gasteiger partial charge in [0.1, 0.15) is 6.04 Å². The van der Waals surface area contributed by atoms with Crippen molar-refractivity contribution in [2.75, 3.05) is 14.1 Å². The summed E-state index contributed by atoms with van der Waals surface area (Å²) in [5, 5.41) is 2.79. The van der Waals surface area contributed by atoms with Gasteiger partial charge in [0.05, 0.1) is 9.79 Å². The van der Waals surface area contributed by atoms with Gasteiger partial charge in [0.2, 0.25) is 26.0 Å². The smallest absolute Gasteiger partial charge is 0.242 e. The largest absolute Gasteiger partial charge is 0.351 e. The number of rotatable bonds is 10. The summed E-state index contributed by atoms with van der Waals surface area (Å²) in [6.45, 7) is 5.48. The van der Waals surface area contributed by atoms with E-state index in [1.165, 1.54) is 26.2 Å². The molecule has 0 saturated carbocycles. The Morgan fingerprint density at radius 3 is 1.95 bits per heavy atom. The maximum absolute atomic E-state index is 13.4. The SMILES string of the molecule is Cc1cc(C)c(S(=O)(=O)NC(Cc2ccccc2)C(=O)NCc2ccc(S(=O)(=O)N(C)C)cc2)c(C)c1. The molecule has 1 atom stereocenters. The summed E-state index contributed by atoms with van der Waals surface area (Å²) in [5.41, 5.74) is 3.66. The first-order chi connectivity index (χ1) is 17.3. The highest BCUT2D eigenvalue weighted by Gasteiger charge is 2.28. The molecule has 0 spiro atoms. The molecule has 0 saturated heterocycles. The van der Waals surface area contributed by atoms with Crippen LogP contribution in [0.2, 0.25) is 0 Å². The van der Waals surface area contributed by atoms with E-state index in [2.05, 4.69) is 10.0 Å². The lowest BCUT2D eigenvalue weighted by atomic mass is 10.1. The molecule has 0 aliphatic heterocycles. The molecule has 0 aliphatic carbocycles. The molecule has 0 fully saturated rings. The number of benzene rings is 3. The molecule has 3 rings (SSSR count). The quantitative estimate of drug-likeness (QED) is 0.408. The van der Waals surface area contributed by atoms with E-state index in [0.29, 0.717) is 16.7 Å². The number of carbonyl (C=O) groups is 1. The molecule has 0 aromatic heterocycles. The van der Waals surface area contributed by atoms with Crippen molar-refractivity contribution in [1.29, 1.82) is 0 Å². The Balaban J connectivity index is 1.82. The molecule has 37 heavy (non-hydrogen) atoms. The van der Waals surface area contributed by atoms with Crippen LogP contribution in [0, 0.1) is 20.8 Å². The van der Waals surface area contributed by atoms with Crippen molar-refractivity contribution >= 4 is 26.0 Å². The number of hydrogen-bond acceptors (Lipinski definition) is 5. The Hall–Kier alpha value is -3.05. The molecule has 2 N–H and O–H groups in total. The maximum atomic E-state index is 13.4. The number of nitrogens with zero attached hydrogens (tertiary/aromatic N) is 1. The second kappa shape index (κ2) is 11.6.